The van der Waals surface area contributed by atoms with Crippen molar-refractivity contribution in [2.75, 3.05) is 32.0 Å². The Hall–Kier alpha value is -1.75. The number of benzene rings is 1. The second kappa shape index (κ2) is 8.52. The van der Waals surface area contributed by atoms with E-state index in [1.54, 1.807) is 11.9 Å². The molecule has 1 saturated heterocycles. The van der Waals surface area contributed by atoms with Crippen molar-refractivity contribution < 1.29 is 9.59 Å². The zero-order valence-corrected chi connectivity index (χ0v) is 13.0. The smallest absolute Gasteiger partial charge is 0.241 e. The van der Waals surface area contributed by atoms with Crippen molar-refractivity contribution in [2.45, 2.75) is 12.8 Å². The number of halogens is 1. The number of amides is 2. The highest BCUT2D eigenvalue weighted by Crippen LogP contribution is 2.16. The van der Waals surface area contributed by atoms with Gasteiger partial charge in [0.25, 0.3) is 0 Å². The van der Waals surface area contributed by atoms with Gasteiger partial charge >= 0.3 is 0 Å². The first-order chi connectivity index (χ1) is 9.70. The first kappa shape index (κ1) is 17.3. The molecule has 0 spiro atoms. The van der Waals surface area contributed by atoms with E-state index in [9.17, 15) is 9.59 Å². The molecule has 1 aromatic rings. The summed E-state index contributed by atoms with van der Waals surface area (Å²) in [5.74, 6) is -0.00426. The summed E-state index contributed by atoms with van der Waals surface area (Å²) < 4.78 is 0. The van der Waals surface area contributed by atoms with Crippen LogP contribution < -0.4 is 10.6 Å². The Kier molecular flexibility index (Phi) is 7.02. The average Bonchev–Trinajstić information content (AvgIpc) is 2.53. The summed E-state index contributed by atoms with van der Waals surface area (Å²) in [4.78, 5) is 25.6. The van der Waals surface area contributed by atoms with Crippen LogP contribution in [0.5, 0.6) is 0 Å². The van der Waals surface area contributed by atoms with Gasteiger partial charge in [-0.2, -0.15) is 0 Å². The van der Waals surface area contributed by atoms with Crippen LogP contribution in [0.1, 0.15) is 12.8 Å². The van der Waals surface area contributed by atoms with E-state index in [0.29, 0.717) is 6.54 Å². The molecule has 2 N–H and O–H groups in total. The van der Waals surface area contributed by atoms with Gasteiger partial charge in [0.05, 0.1) is 12.5 Å². The van der Waals surface area contributed by atoms with Gasteiger partial charge in [-0.3, -0.25) is 9.59 Å². The predicted octanol–water partition coefficient (Wildman–Crippen LogP) is 1.50. The average molecular weight is 312 g/mol. The van der Waals surface area contributed by atoms with Crippen LogP contribution in [0.3, 0.4) is 0 Å². The first-order valence-electron chi connectivity index (χ1n) is 6.99. The van der Waals surface area contributed by atoms with Crippen LogP contribution in [0.15, 0.2) is 30.3 Å². The lowest BCUT2D eigenvalue weighted by Gasteiger charge is -2.32. The minimum absolute atomic E-state index is 0. The van der Waals surface area contributed by atoms with Crippen molar-refractivity contribution in [1.82, 2.24) is 10.2 Å². The van der Waals surface area contributed by atoms with Crippen LogP contribution in [0.2, 0.25) is 0 Å². The van der Waals surface area contributed by atoms with Gasteiger partial charge in [0.1, 0.15) is 0 Å². The molecule has 1 atom stereocenters. The number of nitrogens with one attached hydrogen (secondary N) is 2. The van der Waals surface area contributed by atoms with Crippen LogP contribution in [0, 0.1) is 5.92 Å². The SMILES string of the molecule is CNC(=O)C1CCCN(C(=O)CNc2ccccc2)C1.Cl. The van der Waals surface area contributed by atoms with E-state index in [-0.39, 0.29) is 36.7 Å². The van der Waals surface area contributed by atoms with E-state index in [1.807, 2.05) is 30.3 Å². The van der Waals surface area contributed by atoms with Crippen molar-refractivity contribution in [3.63, 3.8) is 0 Å². The molecular formula is C15H22ClN3O2. The Bertz CT molecular complexity index is 467. The van der Waals surface area contributed by atoms with Gasteiger partial charge in [-0.15, -0.1) is 12.4 Å². The Morgan fingerprint density at radius 2 is 2.00 bits per heavy atom. The Morgan fingerprint density at radius 3 is 2.67 bits per heavy atom. The third kappa shape index (κ3) is 4.93. The number of anilines is 1. The van der Waals surface area contributed by atoms with Gasteiger partial charge < -0.3 is 15.5 Å². The summed E-state index contributed by atoms with van der Waals surface area (Å²) in [6, 6.07) is 9.64. The van der Waals surface area contributed by atoms with E-state index in [2.05, 4.69) is 10.6 Å². The lowest BCUT2D eigenvalue weighted by Crippen LogP contribution is -2.46. The van der Waals surface area contributed by atoms with E-state index in [4.69, 9.17) is 0 Å². The highest BCUT2D eigenvalue weighted by Gasteiger charge is 2.27. The summed E-state index contributed by atoms with van der Waals surface area (Å²) in [6.07, 6.45) is 1.74. The molecule has 0 saturated carbocycles. The zero-order valence-electron chi connectivity index (χ0n) is 12.2. The molecule has 0 bridgehead atoms. The maximum atomic E-state index is 12.2. The standard InChI is InChI=1S/C15H21N3O2.ClH/c1-16-15(20)12-6-5-9-18(11-12)14(19)10-17-13-7-3-2-4-8-13;/h2-4,7-8,12,17H,5-6,9-11H2,1H3,(H,16,20);1H. The van der Waals surface area contributed by atoms with E-state index in [0.717, 1.165) is 25.1 Å². The molecule has 1 aliphatic heterocycles. The van der Waals surface area contributed by atoms with Crippen molar-refractivity contribution in [2.24, 2.45) is 5.92 Å². The summed E-state index contributed by atoms with van der Waals surface area (Å²) in [6.45, 7) is 1.53. The molecule has 6 heteroatoms. The molecule has 2 amide bonds. The topological polar surface area (TPSA) is 61.4 Å². The van der Waals surface area contributed by atoms with Crippen LogP contribution in [0.25, 0.3) is 0 Å². The summed E-state index contributed by atoms with van der Waals surface area (Å²) in [5, 5.41) is 5.77. The number of hydrogen-bond acceptors (Lipinski definition) is 3. The fourth-order valence-electron chi connectivity index (χ4n) is 2.47. The first-order valence-corrected chi connectivity index (χ1v) is 6.99. The number of likely N-dealkylation sites (tertiary alicyclic amines) is 1. The molecule has 5 nitrogen and oxygen atoms in total. The van der Waals surface area contributed by atoms with Crippen LogP contribution in [0.4, 0.5) is 5.69 Å². The van der Waals surface area contributed by atoms with Crippen molar-refractivity contribution in [3.05, 3.63) is 30.3 Å². The van der Waals surface area contributed by atoms with Crippen LogP contribution in [-0.4, -0.2) is 43.4 Å². The molecule has 2 rings (SSSR count). The summed E-state index contributed by atoms with van der Waals surface area (Å²) in [5.41, 5.74) is 0.931. The lowest BCUT2D eigenvalue weighted by molar-refractivity contribution is -0.134. The molecule has 116 valence electrons. The molecule has 1 fully saturated rings. The third-order valence-corrected chi connectivity index (χ3v) is 3.61. The second-order valence-corrected chi connectivity index (χ2v) is 5.01. The third-order valence-electron chi connectivity index (χ3n) is 3.61. The van der Waals surface area contributed by atoms with Gasteiger partial charge in [-0.05, 0) is 25.0 Å². The minimum Gasteiger partial charge on any atom is -0.376 e. The fraction of sp³-hybridized carbons (Fsp3) is 0.467. The zero-order chi connectivity index (χ0) is 14.4. The predicted molar refractivity (Wildman–Crippen MR) is 85.6 cm³/mol. The maximum Gasteiger partial charge on any atom is 0.241 e. The summed E-state index contributed by atoms with van der Waals surface area (Å²) >= 11 is 0. The van der Waals surface area contributed by atoms with Crippen LogP contribution >= 0.6 is 12.4 Å². The van der Waals surface area contributed by atoms with Gasteiger partial charge in [0.15, 0.2) is 0 Å². The van der Waals surface area contributed by atoms with Gasteiger partial charge in [-0.25, -0.2) is 0 Å². The maximum absolute atomic E-state index is 12.2. The lowest BCUT2D eigenvalue weighted by atomic mass is 9.97. The van der Waals surface area contributed by atoms with Crippen molar-refractivity contribution >= 4 is 29.9 Å². The minimum atomic E-state index is -0.0746. The molecular weight excluding hydrogens is 290 g/mol. The fourth-order valence-corrected chi connectivity index (χ4v) is 2.47. The molecule has 1 aliphatic rings. The van der Waals surface area contributed by atoms with Crippen molar-refractivity contribution in [1.29, 1.82) is 0 Å². The molecule has 0 radical (unpaired) electrons. The van der Waals surface area contributed by atoms with E-state index >= 15 is 0 Å². The molecule has 1 heterocycles. The Morgan fingerprint density at radius 1 is 1.29 bits per heavy atom. The van der Waals surface area contributed by atoms with Gasteiger partial charge in [0, 0.05) is 25.8 Å². The molecule has 1 unspecified atom stereocenters. The van der Waals surface area contributed by atoms with Gasteiger partial charge in [-0.1, -0.05) is 18.2 Å². The molecule has 1 aromatic carbocycles. The Balaban J connectivity index is 0.00000220. The van der Waals surface area contributed by atoms with E-state index in [1.165, 1.54) is 0 Å². The highest BCUT2D eigenvalue weighted by molar-refractivity contribution is 5.85. The largest absolute Gasteiger partial charge is 0.376 e. The summed E-state index contributed by atoms with van der Waals surface area (Å²) in [7, 11) is 1.64. The number of piperidine rings is 1. The van der Waals surface area contributed by atoms with E-state index < -0.39 is 0 Å². The number of nitrogens with zero attached hydrogens (tertiary/aromatic N) is 1. The highest BCUT2D eigenvalue weighted by atomic mass is 35.5. The second-order valence-electron chi connectivity index (χ2n) is 5.01. The number of hydrogen-bond donors (Lipinski definition) is 2. The number of rotatable bonds is 4. The number of carbonyl (C=O) groups excluding carboxylic acids is 2. The normalized spacial score (nSPS) is 17.6. The van der Waals surface area contributed by atoms with Crippen LogP contribution in [-0.2, 0) is 9.59 Å². The monoisotopic (exact) mass is 311 g/mol. The van der Waals surface area contributed by atoms with Gasteiger partial charge in [0.2, 0.25) is 11.8 Å². The molecule has 0 aromatic heterocycles. The molecule has 0 aliphatic carbocycles. The number of para-hydroxylation sites is 1. The van der Waals surface area contributed by atoms with Crippen molar-refractivity contribution in [3.8, 4) is 0 Å². The Labute approximate surface area is 131 Å². The quantitative estimate of drug-likeness (QED) is 0.886. The number of carbonyl (C=O) groups is 2. The molecule has 21 heavy (non-hydrogen) atoms.